The van der Waals surface area contributed by atoms with Crippen molar-refractivity contribution in [2.45, 2.75) is 75.7 Å². The van der Waals surface area contributed by atoms with Crippen molar-refractivity contribution < 1.29 is 23.4 Å². The van der Waals surface area contributed by atoms with Crippen LogP contribution < -0.4 is 0 Å². The van der Waals surface area contributed by atoms with Gasteiger partial charge in [0.15, 0.2) is 8.32 Å². The Balaban J connectivity index is 2.41. The lowest BCUT2D eigenvalue weighted by Gasteiger charge is -2.40. The second-order valence-corrected chi connectivity index (χ2v) is 13.6. The van der Waals surface area contributed by atoms with E-state index in [1.54, 1.807) is 12.2 Å². The third-order valence-corrected chi connectivity index (χ3v) is 10.2. The summed E-state index contributed by atoms with van der Waals surface area (Å²) in [6.07, 6.45) is 6.00. The summed E-state index contributed by atoms with van der Waals surface area (Å²) in [7, 11) is -2.06. The number of nitriles is 1. The molecule has 3 atom stereocenters. The minimum absolute atomic E-state index is 0.0229. The molecule has 0 aromatic rings. The Hall–Kier alpha value is -1.46. The number of hydrogen-bond donors (Lipinski definition) is 0. The topological polar surface area (TPSA) is 77.8 Å². The van der Waals surface area contributed by atoms with Crippen LogP contribution >= 0.6 is 0 Å². The molecule has 1 spiro atoms. The maximum absolute atomic E-state index is 11.8. The molecular formula is C20H31NO5Si. The standard InChI is InChI=1S/C20H31NO5Si/c1-8-18(15-24-27(6,7)17(3,4)5)13-19(14-21,25-16(2)22)20(26-18)11-9-10-12-23-20/h8-9,11H,1,10,12-13,15H2,2-7H3/t18-,19-,20+/m1/s1. The van der Waals surface area contributed by atoms with Crippen molar-refractivity contribution in [1.82, 2.24) is 0 Å². The summed E-state index contributed by atoms with van der Waals surface area (Å²) in [5, 5.41) is 10.0. The molecule has 0 radical (unpaired) electrons. The van der Waals surface area contributed by atoms with Crippen molar-refractivity contribution in [3.63, 3.8) is 0 Å². The Labute approximate surface area is 163 Å². The highest BCUT2D eigenvalue weighted by atomic mass is 28.4. The second-order valence-electron chi connectivity index (χ2n) is 8.84. The number of esters is 1. The fraction of sp³-hybridized carbons (Fsp3) is 0.700. The average Bonchev–Trinajstić information content (AvgIpc) is 2.83. The molecule has 0 bridgehead atoms. The Morgan fingerprint density at radius 1 is 1.44 bits per heavy atom. The predicted molar refractivity (Wildman–Crippen MR) is 104 cm³/mol. The Kier molecular flexibility index (Phi) is 5.80. The van der Waals surface area contributed by atoms with Gasteiger partial charge in [-0.25, -0.2) is 0 Å². The van der Waals surface area contributed by atoms with Crippen LogP contribution in [0.25, 0.3) is 0 Å². The molecular weight excluding hydrogens is 362 g/mol. The van der Waals surface area contributed by atoms with Crippen LogP contribution in [0.3, 0.4) is 0 Å². The zero-order chi connectivity index (χ0) is 20.6. The molecule has 0 saturated carbocycles. The van der Waals surface area contributed by atoms with Crippen LogP contribution in [0.5, 0.6) is 0 Å². The van der Waals surface area contributed by atoms with E-state index < -0.39 is 31.3 Å². The molecule has 27 heavy (non-hydrogen) atoms. The van der Waals surface area contributed by atoms with Gasteiger partial charge in [-0.2, -0.15) is 5.26 Å². The monoisotopic (exact) mass is 393 g/mol. The first-order chi connectivity index (χ1) is 12.4. The van der Waals surface area contributed by atoms with E-state index in [2.05, 4.69) is 46.5 Å². The molecule has 2 aliphatic rings. The third kappa shape index (κ3) is 3.90. The van der Waals surface area contributed by atoms with Crippen molar-refractivity contribution in [2.24, 2.45) is 0 Å². The van der Waals surface area contributed by atoms with Crippen LogP contribution in [0.15, 0.2) is 24.8 Å². The summed E-state index contributed by atoms with van der Waals surface area (Å²) in [5.41, 5.74) is -2.59. The highest BCUT2D eigenvalue weighted by Crippen LogP contribution is 2.51. The summed E-state index contributed by atoms with van der Waals surface area (Å²) in [5.74, 6) is -2.02. The molecule has 2 rings (SSSR count). The molecule has 0 aromatic heterocycles. The lowest BCUT2D eigenvalue weighted by atomic mass is 9.86. The minimum atomic E-state index is -2.06. The molecule has 0 unspecified atom stereocenters. The molecule has 0 amide bonds. The van der Waals surface area contributed by atoms with Gasteiger partial charge in [0.25, 0.3) is 5.60 Å². The quantitative estimate of drug-likeness (QED) is 0.401. The number of carbonyl (C=O) groups excluding carboxylic acids is 1. The largest absolute Gasteiger partial charge is 0.437 e. The van der Waals surface area contributed by atoms with Crippen LogP contribution in [0.4, 0.5) is 0 Å². The van der Waals surface area contributed by atoms with Gasteiger partial charge in [-0.05, 0) is 30.6 Å². The van der Waals surface area contributed by atoms with Gasteiger partial charge in [0.1, 0.15) is 11.7 Å². The first kappa shape index (κ1) is 21.8. The van der Waals surface area contributed by atoms with Crippen LogP contribution in [0, 0.1) is 11.3 Å². The fourth-order valence-corrected chi connectivity index (χ4v) is 4.15. The molecule has 1 saturated heterocycles. The van der Waals surface area contributed by atoms with E-state index in [9.17, 15) is 10.1 Å². The van der Waals surface area contributed by atoms with E-state index in [0.717, 1.165) is 0 Å². The van der Waals surface area contributed by atoms with Crippen molar-refractivity contribution >= 4 is 14.3 Å². The summed E-state index contributed by atoms with van der Waals surface area (Å²) >= 11 is 0. The normalized spacial score (nSPS) is 33.7. The van der Waals surface area contributed by atoms with Crippen LogP contribution in [0.1, 0.15) is 40.5 Å². The predicted octanol–water partition coefficient (Wildman–Crippen LogP) is 3.85. The molecule has 6 nitrogen and oxygen atoms in total. The molecule has 7 heteroatoms. The zero-order valence-corrected chi connectivity index (χ0v) is 18.3. The van der Waals surface area contributed by atoms with Crippen molar-refractivity contribution in [3.8, 4) is 6.07 Å². The molecule has 0 aromatic carbocycles. The number of hydrogen-bond acceptors (Lipinski definition) is 6. The number of carbonyl (C=O) groups is 1. The lowest BCUT2D eigenvalue weighted by Crippen LogP contribution is -2.54. The Bertz CT molecular complexity index is 677. The van der Waals surface area contributed by atoms with E-state index in [0.29, 0.717) is 13.0 Å². The minimum Gasteiger partial charge on any atom is -0.437 e. The highest BCUT2D eigenvalue weighted by Gasteiger charge is 2.68. The van der Waals surface area contributed by atoms with E-state index in [1.165, 1.54) is 6.92 Å². The summed E-state index contributed by atoms with van der Waals surface area (Å²) in [6, 6.07) is 2.15. The third-order valence-electron chi connectivity index (χ3n) is 5.76. The van der Waals surface area contributed by atoms with Gasteiger partial charge in [0, 0.05) is 13.3 Å². The van der Waals surface area contributed by atoms with E-state index in [-0.39, 0.29) is 18.1 Å². The number of rotatable bonds is 5. The van der Waals surface area contributed by atoms with Crippen LogP contribution in [0.2, 0.25) is 18.1 Å². The van der Waals surface area contributed by atoms with Crippen molar-refractivity contribution in [2.75, 3.05) is 13.2 Å². The second kappa shape index (κ2) is 7.17. The maximum Gasteiger partial charge on any atom is 0.304 e. The van der Waals surface area contributed by atoms with E-state index >= 15 is 0 Å². The summed E-state index contributed by atoms with van der Waals surface area (Å²) in [6.45, 7) is 16.5. The highest BCUT2D eigenvalue weighted by molar-refractivity contribution is 6.74. The molecule has 2 heterocycles. The smallest absolute Gasteiger partial charge is 0.304 e. The fourth-order valence-electron chi connectivity index (χ4n) is 3.11. The van der Waals surface area contributed by atoms with Gasteiger partial charge in [0.05, 0.1) is 13.2 Å². The molecule has 1 fully saturated rings. The first-order valence-corrected chi connectivity index (χ1v) is 12.2. The molecule has 150 valence electrons. The molecule has 0 N–H and O–H groups in total. The van der Waals surface area contributed by atoms with Gasteiger partial charge < -0.3 is 18.6 Å². The van der Waals surface area contributed by atoms with E-state index in [1.807, 2.05) is 6.08 Å². The van der Waals surface area contributed by atoms with Crippen molar-refractivity contribution in [3.05, 3.63) is 24.8 Å². The van der Waals surface area contributed by atoms with Gasteiger partial charge in [-0.3, -0.25) is 4.79 Å². The average molecular weight is 394 g/mol. The Morgan fingerprint density at radius 3 is 2.56 bits per heavy atom. The zero-order valence-electron chi connectivity index (χ0n) is 17.3. The Morgan fingerprint density at radius 2 is 2.11 bits per heavy atom. The molecule has 0 aliphatic carbocycles. The van der Waals surface area contributed by atoms with Gasteiger partial charge in [-0.15, -0.1) is 6.58 Å². The van der Waals surface area contributed by atoms with Gasteiger partial charge in [0.2, 0.25) is 5.79 Å². The van der Waals surface area contributed by atoms with E-state index in [4.69, 9.17) is 18.6 Å². The van der Waals surface area contributed by atoms with Gasteiger partial charge in [-0.1, -0.05) is 32.9 Å². The van der Waals surface area contributed by atoms with Crippen molar-refractivity contribution in [1.29, 1.82) is 5.26 Å². The van der Waals surface area contributed by atoms with Gasteiger partial charge >= 0.3 is 5.97 Å². The summed E-state index contributed by atoms with van der Waals surface area (Å²) in [4.78, 5) is 11.8. The first-order valence-electron chi connectivity index (χ1n) is 9.27. The summed E-state index contributed by atoms with van der Waals surface area (Å²) < 4.78 is 24.1. The maximum atomic E-state index is 11.8. The van der Waals surface area contributed by atoms with Crippen LogP contribution in [-0.4, -0.2) is 44.5 Å². The van der Waals surface area contributed by atoms with Crippen LogP contribution in [-0.2, 0) is 23.4 Å². The number of ether oxygens (including phenoxy) is 3. The SMILES string of the molecule is C=C[C@]1(CO[Si](C)(C)C(C)(C)C)C[C@](C#N)(OC(C)=O)[C@]2(C=CCCO2)O1. The number of nitrogens with zero attached hydrogens (tertiary/aromatic N) is 1. The molecule has 2 aliphatic heterocycles. The lowest BCUT2D eigenvalue weighted by molar-refractivity contribution is -0.265.